The Morgan fingerprint density at radius 3 is 2.51 bits per heavy atom. The number of carboxylic acid groups (broad SMARTS) is 1. The molecule has 0 saturated carbocycles. The molecule has 0 radical (unpaired) electrons. The molecular formula is C35H39NO3. The number of likely N-dealkylation sites (tertiary alicyclic amines) is 1. The van der Waals surface area contributed by atoms with E-state index in [1.807, 2.05) is 24.3 Å². The third kappa shape index (κ3) is 7.11. The molecule has 1 saturated heterocycles. The summed E-state index contributed by atoms with van der Waals surface area (Å²) in [6.45, 7) is 5.40. The van der Waals surface area contributed by atoms with E-state index < -0.39 is 5.97 Å². The second-order valence-electron chi connectivity index (χ2n) is 10.9. The Morgan fingerprint density at radius 2 is 1.77 bits per heavy atom. The van der Waals surface area contributed by atoms with Crippen molar-refractivity contribution in [1.29, 1.82) is 0 Å². The Labute approximate surface area is 233 Å². The van der Waals surface area contributed by atoms with E-state index in [2.05, 4.69) is 53.2 Å². The lowest BCUT2D eigenvalue weighted by Gasteiger charge is -2.33. The first-order chi connectivity index (χ1) is 19.1. The maximum atomic E-state index is 11.2. The van der Waals surface area contributed by atoms with E-state index in [0.29, 0.717) is 6.61 Å². The standard InChI is InChI=1S/C35H39NO3/c1-2-8-30(22-35(37)38)28-15-17-33(18-16-28)39-25-26-13-14-32(34(21-26)29-10-4-3-5-11-29)24-36-20-19-27-9-6-7-12-31(27)23-36/h9-10,12-18,21,30H,3-7,11,19-20,22-25H2,1H3,(H,37,38). The molecule has 4 heteroatoms. The minimum atomic E-state index is -0.844. The van der Waals surface area contributed by atoms with Crippen molar-refractivity contribution in [3.63, 3.8) is 0 Å². The summed E-state index contributed by atoms with van der Waals surface area (Å²) in [6, 6.07) is 14.6. The van der Waals surface area contributed by atoms with Crippen LogP contribution in [0.4, 0.5) is 0 Å². The number of benzene rings is 2. The van der Waals surface area contributed by atoms with Crippen LogP contribution in [0.15, 0.2) is 71.8 Å². The maximum absolute atomic E-state index is 11.2. The fraction of sp³-hybridized carbons (Fsp3) is 0.400. The first-order valence-corrected chi connectivity index (χ1v) is 14.4. The number of allylic oxidation sites excluding steroid dienone is 4. The van der Waals surface area contributed by atoms with Crippen molar-refractivity contribution in [3.8, 4) is 17.6 Å². The van der Waals surface area contributed by atoms with E-state index in [0.717, 1.165) is 50.2 Å². The summed E-state index contributed by atoms with van der Waals surface area (Å²) in [4.78, 5) is 13.8. The van der Waals surface area contributed by atoms with E-state index in [9.17, 15) is 9.90 Å². The predicted molar refractivity (Wildman–Crippen MR) is 157 cm³/mol. The lowest BCUT2D eigenvalue weighted by Crippen LogP contribution is -2.32. The van der Waals surface area contributed by atoms with Crippen molar-refractivity contribution >= 4 is 11.5 Å². The summed E-state index contributed by atoms with van der Waals surface area (Å²) < 4.78 is 6.16. The van der Waals surface area contributed by atoms with Crippen LogP contribution < -0.4 is 4.74 Å². The van der Waals surface area contributed by atoms with Gasteiger partial charge in [-0.3, -0.25) is 9.69 Å². The Kier molecular flexibility index (Phi) is 9.01. The summed E-state index contributed by atoms with van der Waals surface area (Å²) in [5.74, 6) is 5.48. The van der Waals surface area contributed by atoms with Crippen molar-refractivity contribution in [2.24, 2.45) is 0 Å². The fourth-order valence-corrected chi connectivity index (χ4v) is 5.98. The molecular weight excluding hydrogens is 482 g/mol. The molecule has 1 aliphatic heterocycles. The third-order valence-electron chi connectivity index (χ3n) is 8.04. The van der Waals surface area contributed by atoms with Gasteiger partial charge in [-0.1, -0.05) is 48.4 Å². The smallest absolute Gasteiger partial charge is 0.304 e. The van der Waals surface area contributed by atoms with E-state index >= 15 is 0 Å². The molecule has 2 aromatic rings. The normalized spacial score (nSPS) is 18.0. The summed E-state index contributed by atoms with van der Waals surface area (Å²) in [5.41, 5.74) is 9.48. The van der Waals surface area contributed by atoms with Crippen LogP contribution in [0.5, 0.6) is 5.75 Å². The zero-order valence-electron chi connectivity index (χ0n) is 23.0. The van der Waals surface area contributed by atoms with Gasteiger partial charge in [0, 0.05) is 19.6 Å². The van der Waals surface area contributed by atoms with E-state index in [-0.39, 0.29) is 12.3 Å². The maximum Gasteiger partial charge on any atom is 0.304 e. The number of rotatable bonds is 9. The first-order valence-electron chi connectivity index (χ1n) is 14.4. The number of aliphatic carboxylic acids is 1. The zero-order valence-corrected chi connectivity index (χ0v) is 23.0. The van der Waals surface area contributed by atoms with E-state index in [4.69, 9.17) is 4.74 Å². The summed E-state index contributed by atoms with van der Waals surface area (Å²) >= 11 is 0. The van der Waals surface area contributed by atoms with Crippen molar-refractivity contribution in [2.45, 2.75) is 77.4 Å². The van der Waals surface area contributed by atoms with Gasteiger partial charge in [-0.2, -0.15) is 0 Å². The Morgan fingerprint density at radius 1 is 0.974 bits per heavy atom. The molecule has 1 heterocycles. The topological polar surface area (TPSA) is 49.8 Å². The van der Waals surface area contributed by atoms with E-state index in [1.54, 1.807) is 12.5 Å². The molecule has 1 unspecified atom stereocenters. The average Bonchev–Trinajstić information content (AvgIpc) is 2.97. The van der Waals surface area contributed by atoms with Crippen LogP contribution in [0.25, 0.3) is 5.57 Å². The average molecular weight is 522 g/mol. The van der Waals surface area contributed by atoms with E-state index in [1.165, 1.54) is 53.5 Å². The van der Waals surface area contributed by atoms with Gasteiger partial charge in [0.25, 0.3) is 0 Å². The molecule has 39 heavy (non-hydrogen) atoms. The number of nitrogens with zero attached hydrogens (tertiary/aromatic N) is 1. The number of ether oxygens (including phenoxy) is 1. The molecule has 0 aromatic heterocycles. The molecule has 0 bridgehead atoms. The molecule has 1 atom stereocenters. The summed E-state index contributed by atoms with van der Waals surface area (Å²) in [6.07, 6.45) is 15.7. The van der Waals surface area contributed by atoms with Gasteiger partial charge in [0.2, 0.25) is 0 Å². The second kappa shape index (κ2) is 13.0. The van der Waals surface area contributed by atoms with Crippen LogP contribution in [0.2, 0.25) is 0 Å². The molecule has 2 aliphatic carbocycles. The van der Waals surface area contributed by atoms with Crippen molar-refractivity contribution in [1.82, 2.24) is 4.90 Å². The van der Waals surface area contributed by atoms with Crippen LogP contribution in [0.1, 0.15) is 86.5 Å². The van der Waals surface area contributed by atoms with Gasteiger partial charge in [-0.15, -0.1) is 5.92 Å². The number of piperidine rings is 1. The highest BCUT2D eigenvalue weighted by Crippen LogP contribution is 2.33. The number of hydrogen-bond acceptors (Lipinski definition) is 3. The number of carbonyl (C=O) groups is 1. The second-order valence-corrected chi connectivity index (χ2v) is 10.9. The minimum absolute atomic E-state index is 0.00108. The number of fused-ring (bicyclic) bond motifs is 1. The number of hydrogen-bond donors (Lipinski definition) is 1. The molecule has 0 spiro atoms. The Hall–Kier alpha value is -3.55. The van der Waals surface area contributed by atoms with Gasteiger partial charge in [-0.25, -0.2) is 0 Å². The molecule has 5 rings (SSSR count). The Bertz CT molecular complexity index is 1340. The van der Waals surface area contributed by atoms with Gasteiger partial charge in [0.05, 0.1) is 12.3 Å². The molecule has 2 aromatic carbocycles. The molecule has 1 fully saturated rings. The van der Waals surface area contributed by atoms with Crippen LogP contribution in [0.3, 0.4) is 0 Å². The van der Waals surface area contributed by atoms with Gasteiger partial charge in [-0.05, 0) is 109 Å². The van der Waals surface area contributed by atoms with Crippen molar-refractivity contribution in [3.05, 3.63) is 94.1 Å². The third-order valence-corrected chi connectivity index (χ3v) is 8.04. The summed E-state index contributed by atoms with van der Waals surface area (Å²) in [7, 11) is 0. The zero-order chi connectivity index (χ0) is 27.0. The highest BCUT2D eigenvalue weighted by Gasteiger charge is 2.22. The fourth-order valence-electron chi connectivity index (χ4n) is 5.98. The minimum Gasteiger partial charge on any atom is -0.489 e. The van der Waals surface area contributed by atoms with Crippen molar-refractivity contribution in [2.75, 3.05) is 13.1 Å². The quantitative estimate of drug-likeness (QED) is 0.344. The summed E-state index contributed by atoms with van der Waals surface area (Å²) in [5, 5.41) is 9.21. The Balaban J connectivity index is 1.29. The van der Waals surface area contributed by atoms with Crippen molar-refractivity contribution < 1.29 is 14.6 Å². The first kappa shape index (κ1) is 27.0. The van der Waals surface area contributed by atoms with Crippen LogP contribution in [-0.4, -0.2) is 29.1 Å². The molecule has 0 amide bonds. The molecule has 1 N–H and O–H groups in total. The molecule has 3 aliphatic rings. The SMILES string of the molecule is CC#CC(CC(=O)O)c1ccc(OCc2ccc(CN3CCC4=CCCC=C4C3)c(C3=CCCCC3)c2)cc1. The van der Waals surface area contributed by atoms with Gasteiger partial charge in [0.15, 0.2) is 0 Å². The lowest BCUT2D eigenvalue weighted by atomic mass is 9.88. The highest BCUT2D eigenvalue weighted by atomic mass is 16.5. The number of carboxylic acids is 1. The van der Waals surface area contributed by atoms with Gasteiger partial charge >= 0.3 is 5.97 Å². The monoisotopic (exact) mass is 521 g/mol. The molecule has 4 nitrogen and oxygen atoms in total. The van der Waals surface area contributed by atoms with Gasteiger partial charge in [0.1, 0.15) is 12.4 Å². The highest BCUT2D eigenvalue weighted by molar-refractivity contribution is 5.70. The van der Waals surface area contributed by atoms with Crippen LogP contribution >= 0.6 is 0 Å². The molecule has 202 valence electrons. The van der Waals surface area contributed by atoms with Crippen LogP contribution in [0, 0.1) is 11.8 Å². The predicted octanol–water partition coefficient (Wildman–Crippen LogP) is 7.66. The largest absolute Gasteiger partial charge is 0.489 e. The van der Waals surface area contributed by atoms with Crippen LogP contribution in [-0.2, 0) is 17.9 Å². The lowest BCUT2D eigenvalue weighted by molar-refractivity contribution is -0.137. The van der Waals surface area contributed by atoms with Gasteiger partial charge < -0.3 is 9.84 Å².